The number of rotatable bonds is 8. The Kier molecular flexibility index (Phi) is 7.98. The van der Waals surface area contributed by atoms with Crippen molar-refractivity contribution in [3.8, 4) is 5.69 Å². The molecule has 1 amide bonds. The Morgan fingerprint density at radius 1 is 0.944 bits per heavy atom. The maximum atomic E-state index is 13.8. The van der Waals surface area contributed by atoms with Crippen molar-refractivity contribution in [1.29, 1.82) is 0 Å². The zero-order valence-electron chi connectivity index (χ0n) is 20.7. The van der Waals surface area contributed by atoms with Gasteiger partial charge in [-0.1, -0.05) is 29.8 Å². The first-order valence-corrected chi connectivity index (χ1v) is 12.3. The summed E-state index contributed by atoms with van der Waals surface area (Å²) < 4.78 is 42.2. The van der Waals surface area contributed by atoms with Crippen LogP contribution in [0.3, 0.4) is 0 Å². The number of carbonyl (C=O) groups is 1. The van der Waals surface area contributed by atoms with Gasteiger partial charge in [-0.2, -0.15) is 18.3 Å². The van der Waals surface area contributed by atoms with Crippen molar-refractivity contribution in [2.24, 2.45) is 0 Å². The van der Waals surface area contributed by atoms with Crippen LogP contribution in [0.5, 0.6) is 0 Å². The molecule has 0 saturated carbocycles. The van der Waals surface area contributed by atoms with Gasteiger partial charge in [-0.3, -0.25) is 9.69 Å². The van der Waals surface area contributed by atoms with E-state index in [0.29, 0.717) is 13.0 Å². The lowest BCUT2D eigenvalue weighted by atomic mass is 10.2. The van der Waals surface area contributed by atoms with Gasteiger partial charge in [0.15, 0.2) is 5.69 Å². The average molecular weight is 500 g/mol. The Hall–Kier alpha value is -3.33. The molecule has 1 aromatic heterocycles. The van der Waals surface area contributed by atoms with Gasteiger partial charge >= 0.3 is 6.18 Å². The van der Waals surface area contributed by atoms with Crippen LogP contribution in [0.1, 0.15) is 40.0 Å². The number of aromatic nitrogens is 2. The molecule has 2 aromatic carbocycles. The van der Waals surface area contributed by atoms with E-state index >= 15 is 0 Å². The summed E-state index contributed by atoms with van der Waals surface area (Å²) in [6, 6.07) is 15.0. The van der Waals surface area contributed by atoms with E-state index in [2.05, 4.69) is 51.4 Å². The summed E-state index contributed by atoms with van der Waals surface area (Å²) in [5, 5.41) is 6.51. The number of nitrogens with one attached hydrogen (secondary N) is 1. The number of hydrogen-bond acceptors (Lipinski definition) is 4. The Morgan fingerprint density at radius 2 is 1.67 bits per heavy atom. The number of piperazine rings is 1. The molecule has 0 radical (unpaired) electrons. The third-order valence-corrected chi connectivity index (χ3v) is 6.49. The molecule has 6 nitrogen and oxygen atoms in total. The van der Waals surface area contributed by atoms with E-state index in [1.54, 1.807) is 24.3 Å². The number of aryl methyl sites for hydroxylation is 2. The average Bonchev–Trinajstić information content (AvgIpc) is 3.31. The smallest absolute Gasteiger partial charge is 0.369 e. The van der Waals surface area contributed by atoms with Crippen molar-refractivity contribution < 1.29 is 18.0 Å². The molecule has 1 aliphatic heterocycles. The van der Waals surface area contributed by atoms with Gasteiger partial charge in [-0.25, -0.2) is 4.68 Å². The van der Waals surface area contributed by atoms with E-state index in [1.807, 2.05) is 6.92 Å². The van der Waals surface area contributed by atoms with Crippen LogP contribution in [0.4, 0.5) is 18.9 Å². The molecule has 4 rings (SSSR count). The highest BCUT2D eigenvalue weighted by Gasteiger charge is 2.40. The fourth-order valence-electron chi connectivity index (χ4n) is 4.48. The standard InChI is InChI=1S/C27H32F3N5O/c1-20-8-10-22(11-9-20)35-25(27(28,29)30)24(19-32-35)26(36)31-12-3-4-13-33-14-16-34(17-15-33)23-7-5-6-21(2)18-23/h5-11,18-19H,3-4,12-17H2,1-2H3,(H,31,36). The fraction of sp³-hybridized carbons (Fsp3) is 0.407. The van der Waals surface area contributed by atoms with Crippen LogP contribution in [0.15, 0.2) is 54.7 Å². The monoisotopic (exact) mass is 499 g/mol. The van der Waals surface area contributed by atoms with Gasteiger partial charge in [0.25, 0.3) is 5.91 Å². The van der Waals surface area contributed by atoms with Gasteiger partial charge in [0.1, 0.15) is 0 Å². The first-order valence-electron chi connectivity index (χ1n) is 12.3. The molecule has 0 aliphatic carbocycles. The maximum Gasteiger partial charge on any atom is 0.434 e. The minimum absolute atomic E-state index is 0.259. The Morgan fingerprint density at radius 3 is 2.33 bits per heavy atom. The number of unbranched alkanes of at least 4 members (excludes halogenated alkanes) is 1. The third kappa shape index (κ3) is 6.26. The van der Waals surface area contributed by atoms with Crippen molar-refractivity contribution in [2.45, 2.75) is 32.9 Å². The third-order valence-electron chi connectivity index (χ3n) is 6.49. The molecular weight excluding hydrogens is 467 g/mol. The molecular formula is C27H32F3N5O. The van der Waals surface area contributed by atoms with Gasteiger partial charge in [-0.05, 0) is 63.1 Å². The zero-order valence-corrected chi connectivity index (χ0v) is 20.7. The van der Waals surface area contributed by atoms with E-state index in [4.69, 9.17) is 0 Å². The summed E-state index contributed by atoms with van der Waals surface area (Å²) in [6.07, 6.45) is -2.17. The topological polar surface area (TPSA) is 53.4 Å². The first-order chi connectivity index (χ1) is 17.2. The number of carbonyl (C=O) groups excluding carboxylic acids is 1. The quantitative estimate of drug-likeness (QED) is 0.451. The zero-order chi connectivity index (χ0) is 25.7. The molecule has 2 heterocycles. The molecule has 1 N–H and O–H groups in total. The summed E-state index contributed by atoms with van der Waals surface area (Å²) in [6.45, 7) is 9.02. The number of hydrogen-bond donors (Lipinski definition) is 1. The number of alkyl halides is 3. The van der Waals surface area contributed by atoms with Crippen LogP contribution < -0.4 is 10.2 Å². The number of halogens is 3. The second-order valence-electron chi connectivity index (χ2n) is 9.28. The van der Waals surface area contributed by atoms with Gasteiger partial charge in [-0.15, -0.1) is 0 Å². The number of amides is 1. The Bertz CT molecular complexity index is 1160. The Labute approximate surface area is 209 Å². The normalized spacial score (nSPS) is 14.8. The molecule has 0 spiro atoms. The Balaban J connectivity index is 1.25. The van der Waals surface area contributed by atoms with Crippen LogP contribution in [-0.4, -0.2) is 59.9 Å². The fourth-order valence-corrected chi connectivity index (χ4v) is 4.48. The lowest BCUT2D eigenvalue weighted by molar-refractivity contribution is -0.143. The van der Waals surface area contributed by atoms with E-state index in [1.165, 1.54) is 11.3 Å². The largest absolute Gasteiger partial charge is 0.434 e. The van der Waals surface area contributed by atoms with Crippen LogP contribution in [0.25, 0.3) is 5.69 Å². The van der Waals surface area contributed by atoms with E-state index < -0.39 is 23.3 Å². The van der Waals surface area contributed by atoms with Crippen molar-refractivity contribution >= 4 is 11.6 Å². The molecule has 9 heteroatoms. The highest BCUT2D eigenvalue weighted by atomic mass is 19.4. The maximum absolute atomic E-state index is 13.8. The molecule has 0 bridgehead atoms. The summed E-state index contributed by atoms with van der Waals surface area (Å²) in [5.41, 5.74) is 2.16. The summed E-state index contributed by atoms with van der Waals surface area (Å²) in [5.74, 6) is -0.757. The summed E-state index contributed by atoms with van der Waals surface area (Å²) >= 11 is 0. The summed E-state index contributed by atoms with van der Waals surface area (Å²) in [4.78, 5) is 17.4. The molecule has 1 aliphatic rings. The first kappa shape index (κ1) is 25.8. The van der Waals surface area contributed by atoms with Crippen molar-refractivity contribution in [3.63, 3.8) is 0 Å². The van der Waals surface area contributed by atoms with Crippen molar-refractivity contribution in [3.05, 3.63) is 77.1 Å². The lowest BCUT2D eigenvalue weighted by Gasteiger charge is -2.36. The molecule has 3 aromatic rings. The minimum atomic E-state index is -4.71. The predicted octanol–water partition coefficient (Wildman–Crippen LogP) is 4.84. The highest BCUT2D eigenvalue weighted by Crippen LogP contribution is 2.33. The van der Waals surface area contributed by atoms with Crippen molar-refractivity contribution in [1.82, 2.24) is 20.0 Å². The number of benzene rings is 2. The van der Waals surface area contributed by atoms with Crippen LogP contribution in [0.2, 0.25) is 0 Å². The molecule has 36 heavy (non-hydrogen) atoms. The van der Waals surface area contributed by atoms with E-state index in [9.17, 15) is 18.0 Å². The molecule has 0 unspecified atom stereocenters. The highest BCUT2D eigenvalue weighted by molar-refractivity contribution is 5.95. The van der Waals surface area contributed by atoms with Gasteiger partial charge in [0.05, 0.1) is 17.4 Å². The molecule has 1 fully saturated rings. The van der Waals surface area contributed by atoms with Gasteiger partial charge < -0.3 is 10.2 Å². The second kappa shape index (κ2) is 11.2. The van der Waals surface area contributed by atoms with E-state index in [0.717, 1.165) is 55.6 Å². The lowest BCUT2D eigenvalue weighted by Crippen LogP contribution is -2.46. The minimum Gasteiger partial charge on any atom is -0.369 e. The molecule has 1 saturated heterocycles. The number of anilines is 1. The van der Waals surface area contributed by atoms with Crippen molar-refractivity contribution in [2.75, 3.05) is 44.2 Å². The molecule has 192 valence electrons. The van der Waals surface area contributed by atoms with Crippen LogP contribution in [-0.2, 0) is 6.18 Å². The number of nitrogens with zero attached hydrogens (tertiary/aromatic N) is 4. The van der Waals surface area contributed by atoms with Crippen LogP contribution >= 0.6 is 0 Å². The summed E-state index contributed by atoms with van der Waals surface area (Å²) in [7, 11) is 0. The molecule has 0 atom stereocenters. The van der Waals surface area contributed by atoms with Gasteiger partial charge in [0.2, 0.25) is 0 Å². The predicted molar refractivity (Wildman–Crippen MR) is 135 cm³/mol. The van der Waals surface area contributed by atoms with Crippen LogP contribution in [0, 0.1) is 13.8 Å². The van der Waals surface area contributed by atoms with E-state index in [-0.39, 0.29) is 5.69 Å². The second-order valence-corrected chi connectivity index (χ2v) is 9.28. The van der Waals surface area contributed by atoms with Gasteiger partial charge in [0, 0.05) is 38.4 Å². The SMILES string of the molecule is Cc1ccc(-n2ncc(C(=O)NCCCCN3CCN(c4cccc(C)c4)CC3)c2C(F)(F)F)cc1.